The van der Waals surface area contributed by atoms with E-state index >= 15 is 0 Å². The fourth-order valence-electron chi connectivity index (χ4n) is 1.89. The van der Waals surface area contributed by atoms with E-state index in [0.717, 1.165) is 6.42 Å². The van der Waals surface area contributed by atoms with Gasteiger partial charge in [-0.25, -0.2) is 8.42 Å². The third-order valence-electron chi connectivity index (χ3n) is 3.00. The number of hydrogen-bond acceptors (Lipinski definition) is 5. The summed E-state index contributed by atoms with van der Waals surface area (Å²) in [6.07, 6.45) is 3.80. The molecule has 8 heteroatoms. The molecule has 0 fully saturated rings. The lowest BCUT2D eigenvalue weighted by atomic mass is 10.3. The average Bonchev–Trinajstić information content (AvgIpc) is 2.77. The Morgan fingerprint density at radius 3 is 2.71 bits per heavy atom. The number of hydrogen-bond donors (Lipinski definition) is 3. The van der Waals surface area contributed by atoms with Gasteiger partial charge in [-0.15, -0.1) is 0 Å². The van der Waals surface area contributed by atoms with E-state index < -0.39 is 10.0 Å². The summed E-state index contributed by atoms with van der Waals surface area (Å²) in [7, 11) is -3.72. The van der Waals surface area contributed by atoms with Gasteiger partial charge in [-0.1, -0.05) is 6.92 Å². The summed E-state index contributed by atoms with van der Waals surface area (Å²) in [6.45, 7) is 6.20. The molecule has 0 radical (unpaired) electrons. The average molecular weight is 309 g/mol. The first kappa shape index (κ1) is 15.3. The van der Waals surface area contributed by atoms with Crippen LogP contribution in [0, 0.1) is 13.8 Å². The second kappa shape index (κ2) is 6.13. The second-order valence-electron chi connectivity index (χ2n) is 4.71. The molecular formula is C13H19N5O2S. The summed E-state index contributed by atoms with van der Waals surface area (Å²) in [6, 6.07) is 1.65. The van der Waals surface area contributed by atoms with Gasteiger partial charge in [0.1, 0.15) is 4.90 Å². The van der Waals surface area contributed by atoms with Crippen LogP contribution in [0.3, 0.4) is 0 Å². The summed E-state index contributed by atoms with van der Waals surface area (Å²) in [5.74, 6) is 0. The maximum absolute atomic E-state index is 12.6. The summed E-state index contributed by atoms with van der Waals surface area (Å²) >= 11 is 0. The van der Waals surface area contributed by atoms with Gasteiger partial charge in [-0.05, 0) is 26.3 Å². The van der Waals surface area contributed by atoms with E-state index in [4.69, 9.17) is 0 Å². The number of aromatic amines is 1. The van der Waals surface area contributed by atoms with Gasteiger partial charge in [-0.3, -0.25) is 14.8 Å². The van der Waals surface area contributed by atoms with Gasteiger partial charge in [-0.2, -0.15) is 5.10 Å². The van der Waals surface area contributed by atoms with Crippen molar-refractivity contribution >= 4 is 21.4 Å². The second-order valence-corrected chi connectivity index (χ2v) is 6.36. The molecule has 0 bridgehead atoms. The quantitative estimate of drug-likeness (QED) is 0.758. The highest BCUT2D eigenvalue weighted by atomic mass is 32.2. The Morgan fingerprint density at radius 2 is 2.10 bits per heavy atom. The van der Waals surface area contributed by atoms with E-state index in [0.29, 0.717) is 29.3 Å². The first-order valence-corrected chi connectivity index (χ1v) is 8.16. The molecule has 0 unspecified atom stereocenters. The van der Waals surface area contributed by atoms with Crippen LogP contribution in [0.5, 0.6) is 0 Å². The van der Waals surface area contributed by atoms with Crippen LogP contribution in [-0.4, -0.2) is 30.1 Å². The van der Waals surface area contributed by atoms with Crippen molar-refractivity contribution in [3.63, 3.8) is 0 Å². The number of aromatic nitrogens is 3. The first-order valence-electron chi connectivity index (χ1n) is 6.68. The molecule has 0 spiro atoms. The molecule has 2 rings (SSSR count). The van der Waals surface area contributed by atoms with Crippen molar-refractivity contribution in [2.75, 3.05) is 16.6 Å². The fourth-order valence-corrected chi connectivity index (χ4v) is 3.20. The van der Waals surface area contributed by atoms with Crippen LogP contribution in [0.25, 0.3) is 0 Å². The molecule has 0 aromatic carbocycles. The predicted octanol–water partition coefficient (Wildman–Crippen LogP) is 2.04. The standard InChI is InChI=1S/C13H19N5O2S/c1-4-6-15-11-5-7-14-8-12(11)21(19,20)18-13-9(2)16-17-10(13)3/h5,7-8,18H,4,6H2,1-3H3,(H,14,15)(H,16,17). The van der Waals surface area contributed by atoms with Crippen molar-refractivity contribution < 1.29 is 8.42 Å². The molecule has 21 heavy (non-hydrogen) atoms. The Labute approximate surface area is 124 Å². The van der Waals surface area contributed by atoms with Crippen molar-refractivity contribution in [1.29, 1.82) is 0 Å². The van der Waals surface area contributed by atoms with Crippen molar-refractivity contribution in [3.8, 4) is 0 Å². The van der Waals surface area contributed by atoms with E-state index in [1.807, 2.05) is 6.92 Å². The molecule has 0 atom stereocenters. The molecule has 0 aliphatic heterocycles. The van der Waals surface area contributed by atoms with E-state index in [-0.39, 0.29) is 4.90 Å². The monoisotopic (exact) mass is 309 g/mol. The third kappa shape index (κ3) is 3.33. The zero-order valence-electron chi connectivity index (χ0n) is 12.3. The van der Waals surface area contributed by atoms with Gasteiger partial charge in [0.05, 0.1) is 22.8 Å². The maximum Gasteiger partial charge on any atom is 0.265 e. The van der Waals surface area contributed by atoms with Crippen LogP contribution in [0.15, 0.2) is 23.4 Å². The van der Waals surface area contributed by atoms with E-state index in [9.17, 15) is 8.42 Å². The van der Waals surface area contributed by atoms with Crippen molar-refractivity contribution in [2.24, 2.45) is 0 Å². The summed E-state index contributed by atoms with van der Waals surface area (Å²) < 4.78 is 27.7. The number of nitrogens with one attached hydrogen (secondary N) is 3. The lowest BCUT2D eigenvalue weighted by Crippen LogP contribution is -2.16. The highest BCUT2D eigenvalue weighted by Crippen LogP contribution is 2.25. The summed E-state index contributed by atoms with van der Waals surface area (Å²) in [5, 5.41) is 9.83. The summed E-state index contributed by atoms with van der Waals surface area (Å²) in [5.41, 5.74) is 2.28. The van der Waals surface area contributed by atoms with Gasteiger partial charge in [0.2, 0.25) is 0 Å². The number of sulfonamides is 1. The number of aryl methyl sites for hydroxylation is 2. The third-order valence-corrected chi connectivity index (χ3v) is 4.38. The predicted molar refractivity (Wildman–Crippen MR) is 81.9 cm³/mol. The largest absolute Gasteiger partial charge is 0.384 e. The SMILES string of the molecule is CCCNc1ccncc1S(=O)(=O)Nc1c(C)n[nH]c1C. The van der Waals surface area contributed by atoms with Crippen LogP contribution < -0.4 is 10.0 Å². The molecule has 0 amide bonds. The van der Waals surface area contributed by atoms with E-state index in [2.05, 4.69) is 25.2 Å². The van der Waals surface area contributed by atoms with Gasteiger partial charge < -0.3 is 5.32 Å². The zero-order valence-corrected chi connectivity index (χ0v) is 13.1. The Balaban J connectivity index is 2.36. The van der Waals surface area contributed by atoms with Crippen molar-refractivity contribution in [2.45, 2.75) is 32.1 Å². The van der Waals surface area contributed by atoms with Gasteiger partial charge in [0, 0.05) is 18.9 Å². The number of rotatable bonds is 6. The molecule has 0 saturated heterocycles. The highest BCUT2D eigenvalue weighted by molar-refractivity contribution is 7.92. The van der Waals surface area contributed by atoms with E-state index in [1.165, 1.54) is 6.20 Å². The van der Waals surface area contributed by atoms with Crippen LogP contribution >= 0.6 is 0 Å². The summed E-state index contributed by atoms with van der Waals surface area (Å²) in [4.78, 5) is 4.03. The molecule has 0 aliphatic carbocycles. The van der Waals surface area contributed by atoms with Crippen LogP contribution in [0.4, 0.5) is 11.4 Å². The minimum atomic E-state index is -3.72. The first-order chi connectivity index (χ1) is 9.95. The fraction of sp³-hybridized carbons (Fsp3) is 0.385. The van der Waals surface area contributed by atoms with Crippen LogP contribution in [-0.2, 0) is 10.0 Å². The topological polar surface area (TPSA) is 99.8 Å². The Morgan fingerprint density at radius 1 is 1.33 bits per heavy atom. The molecular weight excluding hydrogens is 290 g/mol. The Bertz CT molecular complexity index is 704. The molecule has 2 aromatic heterocycles. The lowest BCUT2D eigenvalue weighted by Gasteiger charge is -2.13. The molecule has 2 aromatic rings. The Hall–Kier alpha value is -2.09. The Kier molecular flexibility index (Phi) is 4.46. The highest BCUT2D eigenvalue weighted by Gasteiger charge is 2.21. The molecule has 7 nitrogen and oxygen atoms in total. The van der Waals surface area contributed by atoms with Gasteiger partial charge in [0.25, 0.3) is 10.0 Å². The van der Waals surface area contributed by atoms with Gasteiger partial charge >= 0.3 is 0 Å². The normalized spacial score (nSPS) is 11.4. The lowest BCUT2D eigenvalue weighted by molar-refractivity contribution is 0.601. The molecule has 0 saturated carbocycles. The molecule has 3 N–H and O–H groups in total. The number of pyridine rings is 1. The number of nitrogens with zero attached hydrogens (tertiary/aromatic N) is 2. The van der Waals surface area contributed by atoms with Crippen molar-refractivity contribution in [1.82, 2.24) is 15.2 Å². The smallest absolute Gasteiger partial charge is 0.265 e. The maximum atomic E-state index is 12.6. The molecule has 114 valence electrons. The van der Waals surface area contributed by atoms with Crippen molar-refractivity contribution in [3.05, 3.63) is 29.8 Å². The van der Waals surface area contributed by atoms with Crippen LogP contribution in [0.2, 0.25) is 0 Å². The minimum absolute atomic E-state index is 0.124. The number of anilines is 2. The zero-order chi connectivity index (χ0) is 15.5. The van der Waals surface area contributed by atoms with Crippen LogP contribution in [0.1, 0.15) is 24.7 Å². The minimum Gasteiger partial charge on any atom is -0.384 e. The van der Waals surface area contributed by atoms with E-state index in [1.54, 1.807) is 26.1 Å². The van der Waals surface area contributed by atoms with Gasteiger partial charge in [0.15, 0.2) is 0 Å². The molecule has 0 aliphatic rings. The number of H-pyrrole nitrogens is 1. The molecule has 2 heterocycles.